The minimum Gasteiger partial charge on any atom is -0.273 e. The van der Waals surface area contributed by atoms with Crippen LogP contribution in [-0.2, 0) is 23.1 Å². The van der Waals surface area contributed by atoms with Crippen LogP contribution in [0.4, 0.5) is 0 Å². The molecule has 4 aliphatic rings. The van der Waals surface area contributed by atoms with E-state index < -0.39 is 0 Å². The second-order valence-corrected chi connectivity index (χ2v) is 9.46. The summed E-state index contributed by atoms with van der Waals surface area (Å²) in [6.07, 6.45) is 9.32. The quantitative estimate of drug-likeness (QED) is 0.780. The smallest absolute Gasteiger partial charge is 0.238 e. The molecule has 1 aromatic rings. The molecular formula is C21H32N4O2. The first kappa shape index (κ1) is 18.5. The van der Waals surface area contributed by atoms with Crippen LogP contribution in [0.15, 0.2) is 0 Å². The summed E-state index contributed by atoms with van der Waals surface area (Å²) in [5.74, 6) is 2.34. The predicted molar refractivity (Wildman–Crippen MR) is 103 cm³/mol. The largest absolute Gasteiger partial charge is 0.273 e. The monoisotopic (exact) mass is 372 g/mol. The van der Waals surface area contributed by atoms with Gasteiger partial charge in [0.2, 0.25) is 11.8 Å². The van der Waals surface area contributed by atoms with Gasteiger partial charge in [-0.1, -0.05) is 0 Å². The molecule has 0 aromatic carbocycles. The molecule has 5 rings (SSSR count). The van der Waals surface area contributed by atoms with Crippen LogP contribution in [-0.4, -0.2) is 21.6 Å². The van der Waals surface area contributed by atoms with E-state index in [1.807, 2.05) is 25.6 Å². The molecule has 4 bridgehead atoms. The molecule has 148 valence electrons. The first-order chi connectivity index (χ1) is 12.8. The Morgan fingerprint density at radius 3 is 2.11 bits per heavy atom. The highest BCUT2D eigenvalue weighted by Crippen LogP contribution is 2.61. The fourth-order valence-corrected chi connectivity index (χ4v) is 6.51. The third kappa shape index (κ3) is 3.76. The van der Waals surface area contributed by atoms with Crippen LogP contribution in [0, 0.1) is 37.0 Å². The SMILES string of the molecule is Cc1nn(C)c(C)c1CCC(=O)NNC(=O)CC12CC3CC(CC(C3)C1)C2. The number of hydrogen-bond acceptors (Lipinski definition) is 3. The molecule has 1 aromatic heterocycles. The number of nitrogens with zero attached hydrogens (tertiary/aromatic N) is 2. The number of hydrazine groups is 1. The summed E-state index contributed by atoms with van der Waals surface area (Å²) < 4.78 is 1.84. The van der Waals surface area contributed by atoms with Crippen LogP contribution in [0.25, 0.3) is 0 Å². The average molecular weight is 373 g/mol. The van der Waals surface area contributed by atoms with E-state index in [4.69, 9.17) is 0 Å². The molecule has 0 aliphatic heterocycles. The lowest BCUT2D eigenvalue weighted by molar-refractivity contribution is -0.134. The maximum absolute atomic E-state index is 12.5. The zero-order valence-electron chi connectivity index (χ0n) is 16.8. The fraction of sp³-hybridized carbons (Fsp3) is 0.762. The second kappa shape index (κ2) is 6.95. The predicted octanol–water partition coefficient (Wildman–Crippen LogP) is 2.72. The minimum atomic E-state index is -0.142. The molecule has 1 heterocycles. The standard InChI is InChI=1S/C21H32N4O2/c1-13-18(14(2)25(3)24-13)4-5-19(26)22-23-20(27)12-21-9-15-6-16(10-21)8-17(7-15)11-21/h15-17H,4-12H2,1-3H3,(H,22,26)(H,23,27). The molecule has 0 radical (unpaired) electrons. The van der Waals surface area contributed by atoms with Crippen molar-refractivity contribution in [3.63, 3.8) is 0 Å². The summed E-state index contributed by atoms with van der Waals surface area (Å²) in [5, 5.41) is 4.38. The van der Waals surface area contributed by atoms with Gasteiger partial charge in [0.15, 0.2) is 0 Å². The van der Waals surface area contributed by atoms with Gasteiger partial charge in [-0.15, -0.1) is 0 Å². The first-order valence-electron chi connectivity index (χ1n) is 10.4. The molecule has 2 amide bonds. The molecular weight excluding hydrogens is 340 g/mol. The van der Waals surface area contributed by atoms with E-state index in [1.165, 1.54) is 38.5 Å². The summed E-state index contributed by atoms with van der Waals surface area (Å²) in [7, 11) is 1.91. The number of carbonyl (C=O) groups excluding carboxylic acids is 2. The number of aryl methyl sites for hydroxylation is 2. The van der Waals surface area contributed by atoms with Crippen molar-refractivity contribution in [3.05, 3.63) is 17.0 Å². The number of carbonyl (C=O) groups is 2. The van der Waals surface area contributed by atoms with Gasteiger partial charge in [-0.05, 0) is 87.5 Å². The van der Waals surface area contributed by atoms with Crippen LogP contribution in [0.2, 0.25) is 0 Å². The molecule has 4 aliphatic carbocycles. The van der Waals surface area contributed by atoms with Crippen molar-refractivity contribution in [2.45, 2.75) is 71.6 Å². The van der Waals surface area contributed by atoms with E-state index in [1.54, 1.807) is 0 Å². The third-order valence-corrected chi connectivity index (χ3v) is 7.30. The van der Waals surface area contributed by atoms with E-state index in [2.05, 4.69) is 16.0 Å². The second-order valence-electron chi connectivity index (χ2n) is 9.46. The van der Waals surface area contributed by atoms with E-state index in [9.17, 15) is 9.59 Å². The lowest BCUT2D eigenvalue weighted by Crippen LogP contribution is -2.50. The van der Waals surface area contributed by atoms with Gasteiger partial charge in [-0.2, -0.15) is 5.10 Å². The molecule has 2 N–H and O–H groups in total. The van der Waals surface area contributed by atoms with Crippen LogP contribution in [0.1, 0.15) is 68.3 Å². The molecule has 4 saturated carbocycles. The minimum absolute atomic E-state index is 0.0287. The van der Waals surface area contributed by atoms with Gasteiger partial charge in [-0.25, -0.2) is 0 Å². The summed E-state index contributed by atoms with van der Waals surface area (Å²) >= 11 is 0. The zero-order valence-corrected chi connectivity index (χ0v) is 16.8. The van der Waals surface area contributed by atoms with Crippen molar-refractivity contribution < 1.29 is 9.59 Å². The first-order valence-corrected chi connectivity index (χ1v) is 10.4. The van der Waals surface area contributed by atoms with E-state index in [0.717, 1.165) is 34.7 Å². The number of aromatic nitrogens is 2. The molecule has 4 fully saturated rings. The highest BCUT2D eigenvalue weighted by molar-refractivity contribution is 5.82. The molecule has 0 spiro atoms. The molecule has 0 atom stereocenters. The third-order valence-electron chi connectivity index (χ3n) is 7.30. The molecule has 27 heavy (non-hydrogen) atoms. The summed E-state index contributed by atoms with van der Waals surface area (Å²) in [6, 6.07) is 0. The highest BCUT2D eigenvalue weighted by atomic mass is 16.2. The van der Waals surface area contributed by atoms with Gasteiger partial charge >= 0.3 is 0 Å². The van der Waals surface area contributed by atoms with Crippen LogP contribution in [0.5, 0.6) is 0 Å². The maximum atomic E-state index is 12.5. The Bertz CT molecular complexity index is 716. The van der Waals surface area contributed by atoms with Crippen molar-refractivity contribution in [3.8, 4) is 0 Å². The van der Waals surface area contributed by atoms with Gasteiger partial charge < -0.3 is 0 Å². The van der Waals surface area contributed by atoms with Crippen LogP contribution in [0.3, 0.4) is 0 Å². The van der Waals surface area contributed by atoms with Crippen molar-refractivity contribution in [2.24, 2.45) is 30.2 Å². The molecule has 0 unspecified atom stereocenters. The lowest BCUT2D eigenvalue weighted by Gasteiger charge is -2.56. The number of amides is 2. The maximum Gasteiger partial charge on any atom is 0.238 e. The zero-order chi connectivity index (χ0) is 19.2. The average Bonchev–Trinajstić information content (AvgIpc) is 2.81. The lowest BCUT2D eigenvalue weighted by atomic mass is 9.49. The normalized spacial score (nSPS) is 31.1. The van der Waals surface area contributed by atoms with Gasteiger partial charge in [0.25, 0.3) is 0 Å². The van der Waals surface area contributed by atoms with Crippen LogP contribution >= 0.6 is 0 Å². The van der Waals surface area contributed by atoms with Gasteiger partial charge in [0, 0.05) is 25.6 Å². The van der Waals surface area contributed by atoms with E-state index in [-0.39, 0.29) is 17.2 Å². The Kier molecular flexibility index (Phi) is 4.77. The number of rotatable bonds is 5. The van der Waals surface area contributed by atoms with Gasteiger partial charge in [-0.3, -0.25) is 25.1 Å². The molecule has 6 heteroatoms. The Balaban J connectivity index is 1.24. The van der Waals surface area contributed by atoms with Crippen molar-refractivity contribution in [1.29, 1.82) is 0 Å². The van der Waals surface area contributed by atoms with Crippen molar-refractivity contribution >= 4 is 11.8 Å². The topological polar surface area (TPSA) is 76.0 Å². The Labute approximate surface area is 161 Å². The highest BCUT2D eigenvalue weighted by Gasteiger charge is 2.51. The summed E-state index contributed by atoms with van der Waals surface area (Å²) in [6.45, 7) is 3.98. The fourth-order valence-electron chi connectivity index (χ4n) is 6.51. The van der Waals surface area contributed by atoms with Crippen LogP contribution < -0.4 is 10.9 Å². The summed E-state index contributed by atoms with van der Waals surface area (Å²) in [5.41, 5.74) is 8.66. The number of nitrogens with one attached hydrogen (secondary N) is 2. The van der Waals surface area contributed by atoms with Crippen molar-refractivity contribution in [2.75, 3.05) is 0 Å². The Morgan fingerprint density at radius 2 is 1.59 bits per heavy atom. The van der Waals surface area contributed by atoms with Gasteiger partial charge in [0.05, 0.1) is 5.69 Å². The van der Waals surface area contributed by atoms with Gasteiger partial charge in [0.1, 0.15) is 0 Å². The summed E-state index contributed by atoms with van der Waals surface area (Å²) in [4.78, 5) is 24.6. The number of hydrogen-bond donors (Lipinski definition) is 2. The van der Waals surface area contributed by atoms with E-state index >= 15 is 0 Å². The molecule has 0 saturated heterocycles. The Morgan fingerprint density at radius 1 is 1.04 bits per heavy atom. The molecule has 6 nitrogen and oxygen atoms in total. The van der Waals surface area contributed by atoms with Crippen molar-refractivity contribution in [1.82, 2.24) is 20.6 Å². The Hall–Kier alpha value is -1.85. The van der Waals surface area contributed by atoms with E-state index in [0.29, 0.717) is 19.3 Å².